The third kappa shape index (κ3) is 3.75. The molecule has 0 saturated carbocycles. The first kappa shape index (κ1) is 14.6. The molecule has 0 aliphatic rings. The molecule has 0 aliphatic carbocycles. The van der Waals surface area contributed by atoms with Crippen LogP contribution in [0, 0.1) is 11.8 Å². The first-order chi connectivity index (χ1) is 9.00. The quantitative estimate of drug-likeness (QED) is 0.714. The van der Waals surface area contributed by atoms with E-state index in [4.69, 9.17) is 0 Å². The summed E-state index contributed by atoms with van der Waals surface area (Å²) >= 11 is 0. The number of hydrogen-bond donors (Lipinski definition) is 3. The zero-order chi connectivity index (χ0) is 14.3. The van der Waals surface area contributed by atoms with Crippen molar-refractivity contribution in [3.63, 3.8) is 0 Å². The van der Waals surface area contributed by atoms with Crippen molar-refractivity contribution in [1.82, 2.24) is 10.6 Å². The fourth-order valence-electron chi connectivity index (χ4n) is 1.50. The van der Waals surface area contributed by atoms with E-state index in [0.717, 1.165) is 0 Å². The molecule has 0 heterocycles. The number of rotatable bonds is 4. The second kappa shape index (κ2) is 6.45. The van der Waals surface area contributed by atoms with Crippen molar-refractivity contribution in [2.24, 2.45) is 0 Å². The number of carbonyl (C=O) groups is 2. The second-order valence-electron chi connectivity index (χ2n) is 4.03. The van der Waals surface area contributed by atoms with Gasteiger partial charge in [0.2, 0.25) is 0 Å². The molecule has 1 aromatic rings. The van der Waals surface area contributed by atoms with Gasteiger partial charge in [0.1, 0.15) is 0 Å². The van der Waals surface area contributed by atoms with Crippen molar-refractivity contribution >= 4 is 12.0 Å². The van der Waals surface area contributed by atoms with Crippen LogP contribution in [0.15, 0.2) is 30.3 Å². The number of benzene rings is 1. The number of amides is 2. The van der Waals surface area contributed by atoms with Gasteiger partial charge in [-0.15, -0.1) is 5.92 Å². The molecule has 5 heteroatoms. The highest BCUT2D eigenvalue weighted by atomic mass is 16.4. The van der Waals surface area contributed by atoms with Crippen LogP contribution in [0.5, 0.6) is 0 Å². The van der Waals surface area contributed by atoms with E-state index in [1.54, 1.807) is 37.3 Å². The van der Waals surface area contributed by atoms with Gasteiger partial charge in [-0.25, -0.2) is 9.59 Å². The summed E-state index contributed by atoms with van der Waals surface area (Å²) in [7, 11) is 0. The molecule has 1 atom stereocenters. The monoisotopic (exact) mass is 260 g/mol. The normalized spacial score (nSPS) is 12.5. The Bertz CT molecular complexity index is 516. The summed E-state index contributed by atoms with van der Waals surface area (Å²) in [6.07, 6.45) is 0. The lowest BCUT2D eigenvalue weighted by Gasteiger charge is -2.26. The van der Waals surface area contributed by atoms with Crippen LogP contribution in [0.3, 0.4) is 0 Å². The largest absolute Gasteiger partial charge is 0.479 e. The molecule has 2 amide bonds. The van der Waals surface area contributed by atoms with Gasteiger partial charge >= 0.3 is 12.0 Å². The van der Waals surface area contributed by atoms with Crippen molar-refractivity contribution in [2.75, 3.05) is 6.54 Å². The topological polar surface area (TPSA) is 78.4 Å². The number of nitrogens with one attached hydrogen (secondary N) is 2. The van der Waals surface area contributed by atoms with E-state index in [9.17, 15) is 14.7 Å². The van der Waals surface area contributed by atoms with Crippen molar-refractivity contribution in [3.8, 4) is 11.8 Å². The molecule has 5 nitrogen and oxygen atoms in total. The summed E-state index contributed by atoms with van der Waals surface area (Å²) in [5.74, 6) is 4.17. The first-order valence-corrected chi connectivity index (χ1v) is 5.75. The standard InChI is InChI=1S/C14H16N2O3/c1-3-4-10-15-13(19)16-14(2,12(17)18)11-8-6-5-7-9-11/h5-9H,10H2,1-2H3,(H,17,18)(H2,15,16,19). The smallest absolute Gasteiger partial charge is 0.333 e. The summed E-state index contributed by atoms with van der Waals surface area (Å²) in [4.78, 5) is 23.1. The minimum Gasteiger partial charge on any atom is -0.479 e. The van der Waals surface area contributed by atoms with Gasteiger partial charge in [-0.1, -0.05) is 36.3 Å². The molecule has 0 aromatic heterocycles. The van der Waals surface area contributed by atoms with Gasteiger partial charge in [0.05, 0.1) is 6.54 Å². The third-order valence-electron chi connectivity index (χ3n) is 2.66. The predicted octanol–water partition coefficient (Wildman–Crippen LogP) is 1.31. The summed E-state index contributed by atoms with van der Waals surface area (Å²) < 4.78 is 0. The highest BCUT2D eigenvalue weighted by Gasteiger charge is 2.36. The lowest BCUT2D eigenvalue weighted by molar-refractivity contribution is -0.144. The third-order valence-corrected chi connectivity index (χ3v) is 2.66. The lowest BCUT2D eigenvalue weighted by atomic mass is 9.92. The van der Waals surface area contributed by atoms with E-state index in [0.29, 0.717) is 5.56 Å². The van der Waals surface area contributed by atoms with Crippen molar-refractivity contribution in [1.29, 1.82) is 0 Å². The van der Waals surface area contributed by atoms with Gasteiger partial charge in [-0.05, 0) is 19.4 Å². The molecule has 1 rings (SSSR count). The van der Waals surface area contributed by atoms with Crippen molar-refractivity contribution < 1.29 is 14.7 Å². The van der Waals surface area contributed by atoms with Gasteiger partial charge in [0.25, 0.3) is 0 Å². The molecule has 1 aromatic carbocycles. The molecule has 0 radical (unpaired) electrons. The minimum atomic E-state index is -1.48. The Balaban J connectivity index is 2.86. The number of urea groups is 1. The number of aliphatic carboxylic acids is 1. The minimum absolute atomic E-state index is 0.173. The highest BCUT2D eigenvalue weighted by molar-refractivity contribution is 5.87. The maximum Gasteiger partial charge on any atom is 0.333 e. The van der Waals surface area contributed by atoms with E-state index in [1.165, 1.54) is 6.92 Å². The summed E-state index contributed by atoms with van der Waals surface area (Å²) in [6, 6.07) is 7.96. The second-order valence-corrected chi connectivity index (χ2v) is 4.03. The predicted molar refractivity (Wildman–Crippen MR) is 71.4 cm³/mol. The van der Waals surface area contributed by atoms with Gasteiger partial charge in [0.15, 0.2) is 5.54 Å². The van der Waals surface area contributed by atoms with E-state index in [1.807, 2.05) is 0 Å². The summed E-state index contributed by atoms with van der Waals surface area (Å²) in [5, 5.41) is 14.3. The van der Waals surface area contributed by atoms with Gasteiger partial charge in [-0.2, -0.15) is 0 Å². The fraction of sp³-hybridized carbons (Fsp3) is 0.286. The maximum atomic E-state index is 11.7. The van der Waals surface area contributed by atoms with Crippen molar-refractivity contribution in [2.45, 2.75) is 19.4 Å². The van der Waals surface area contributed by atoms with Crippen LogP contribution in [0.1, 0.15) is 19.4 Å². The van der Waals surface area contributed by atoms with Gasteiger partial charge in [0, 0.05) is 0 Å². The SMILES string of the molecule is CC#CCNC(=O)NC(C)(C(=O)O)c1ccccc1. The van der Waals surface area contributed by atoms with Crippen LogP contribution >= 0.6 is 0 Å². The Labute approximate surface area is 112 Å². The molecular weight excluding hydrogens is 244 g/mol. The highest BCUT2D eigenvalue weighted by Crippen LogP contribution is 2.20. The van der Waals surface area contributed by atoms with E-state index in [2.05, 4.69) is 22.5 Å². The van der Waals surface area contributed by atoms with Crippen LogP contribution in [0.25, 0.3) is 0 Å². The maximum absolute atomic E-state index is 11.7. The Morgan fingerprint density at radius 1 is 1.32 bits per heavy atom. The Morgan fingerprint density at radius 3 is 2.47 bits per heavy atom. The van der Waals surface area contributed by atoms with Crippen LogP contribution in [-0.2, 0) is 10.3 Å². The van der Waals surface area contributed by atoms with Crippen LogP contribution in [-0.4, -0.2) is 23.7 Å². The molecule has 3 N–H and O–H groups in total. The van der Waals surface area contributed by atoms with Gasteiger partial charge < -0.3 is 15.7 Å². The molecule has 0 fully saturated rings. The molecule has 1 unspecified atom stereocenters. The Morgan fingerprint density at radius 2 is 1.95 bits per heavy atom. The Kier molecular flexibility index (Phi) is 4.95. The fourth-order valence-corrected chi connectivity index (χ4v) is 1.50. The molecular formula is C14H16N2O3. The van der Waals surface area contributed by atoms with Crippen LogP contribution < -0.4 is 10.6 Å². The van der Waals surface area contributed by atoms with Crippen molar-refractivity contribution in [3.05, 3.63) is 35.9 Å². The average molecular weight is 260 g/mol. The van der Waals surface area contributed by atoms with E-state index >= 15 is 0 Å². The number of hydrogen-bond acceptors (Lipinski definition) is 2. The zero-order valence-electron chi connectivity index (χ0n) is 10.9. The number of carboxylic acid groups (broad SMARTS) is 1. The molecule has 0 bridgehead atoms. The summed E-state index contributed by atoms with van der Waals surface area (Å²) in [5.41, 5.74) is -0.982. The lowest BCUT2D eigenvalue weighted by Crippen LogP contribution is -2.53. The van der Waals surface area contributed by atoms with Crippen LogP contribution in [0.2, 0.25) is 0 Å². The molecule has 0 saturated heterocycles. The molecule has 100 valence electrons. The van der Waals surface area contributed by atoms with Gasteiger partial charge in [-0.3, -0.25) is 0 Å². The van der Waals surface area contributed by atoms with E-state index < -0.39 is 17.5 Å². The molecule has 0 aliphatic heterocycles. The van der Waals surface area contributed by atoms with Crippen LogP contribution in [0.4, 0.5) is 4.79 Å². The molecule has 19 heavy (non-hydrogen) atoms. The number of carboxylic acids is 1. The number of carbonyl (C=O) groups excluding carboxylic acids is 1. The Hall–Kier alpha value is -2.48. The zero-order valence-corrected chi connectivity index (χ0v) is 10.9. The average Bonchev–Trinajstić information content (AvgIpc) is 2.39. The first-order valence-electron chi connectivity index (χ1n) is 5.75. The summed E-state index contributed by atoms with van der Waals surface area (Å²) in [6.45, 7) is 3.27. The van der Waals surface area contributed by atoms with E-state index in [-0.39, 0.29) is 6.54 Å². The molecule has 0 spiro atoms.